The minimum atomic E-state index is -3.00. The molecule has 114 valence electrons. The predicted octanol–water partition coefficient (Wildman–Crippen LogP) is 2.18. The van der Waals surface area contributed by atoms with E-state index in [1.54, 1.807) is 17.8 Å². The maximum Gasteiger partial charge on any atom is 0.151 e. The number of benzene rings is 1. The van der Waals surface area contributed by atoms with E-state index in [2.05, 4.69) is 12.0 Å². The van der Waals surface area contributed by atoms with Gasteiger partial charge in [-0.15, -0.1) is 0 Å². The van der Waals surface area contributed by atoms with Gasteiger partial charge in [-0.2, -0.15) is 5.10 Å². The van der Waals surface area contributed by atoms with E-state index in [1.807, 2.05) is 25.1 Å². The number of nitrogens with two attached hydrogens (primary N) is 1. The van der Waals surface area contributed by atoms with Crippen LogP contribution in [0.2, 0.25) is 0 Å². The van der Waals surface area contributed by atoms with E-state index >= 15 is 0 Å². The first kappa shape index (κ1) is 15.6. The highest BCUT2D eigenvalue weighted by atomic mass is 32.2. The van der Waals surface area contributed by atoms with Crippen LogP contribution in [-0.4, -0.2) is 29.7 Å². The van der Waals surface area contributed by atoms with Crippen molar-refractivity contribution in [1.82, 2.24) is 9.78 Å². The van der Waals surface area contributed by atoms with Crippen molar-refractivity contribution < 1.29 is 8.42 Å². The van der Waals surface area contributed by atoms with E-state index in [0.717, 1.165) is 5.56 Å². The number of hydrogen-bond donors (Lipinski definition) is 1. The standard InChI is InChI=1S/C15H21N3O2S/c1-4-21(19,20)8-7-18-10-14(16)15(17-18)13-6-5-11(2)12(3)9-13/h5-6,9-10H,4,7-8,16H2,1-3H3. The van der Waals surface area contributed by atoms with Crippen molar-refractivity contribution in [2.75, 3.05) is 17.2 Å². The lowest BCUT2D eigenvalue weighted by Crippen LogP contribution is -2.14. The van der Waals surface area contributed by atoms with Crippen molar-refractivity contribution in [3.8, 4) is 11.3 Å². The highest BCUT2D eigenvalue weighted by Gasteiger charge is 2.12. The summed E-state index contributed by atoms with van der Waals surface area (Å²) in [5.74, 6) is 0.227. The molecule has 0 aliphatic heterocycles. The van der Waals surface area contributed by atoms with Gasteiger partial charge in [0, 0.05) is 17.5 Å². The Kier molecular flexibility index (Phi) is 4.37. The summed E-state index contributed by atoms with van der Waals surface area (Å²) in [5.41, 5.74) is 10.6. The van der Waals surface area contributed by atoms with Gasteiger partial charge in [0.25, 0.3) is 0 Å². The van der Waals surface area contributed by atoms with Crippen LogP contribution >= 0.6 is 0 Å². The topological polar surface area (TPSA) is 78.0 Å². The van der Waals surface area contributed by atoms with Crippen LogP contribution in [0.15, 0.2) is 24.4 Å². The molecule has 0 spiro atoms. The van der Waals surface area contributed by atoms with Gasteiger partial charge in [-0.3, -0.25) is 4.68 Å². The fourth-order valence-electron chi connectivity index (χ4n) is 2.04. The molecule has 0 unspecified atom stereocenters. The van der Waals surface area contributed by atoms with E-state index in [1.165, 1.54) is 11.1 Å². The lowest BCUT2D eigenvalue weighted by Gasteiger charge is -2.04. The Morgan fingerprint density at radius 3 is 2.57 bits per heavy atom. The van der Waals surface area contributed by atoms with Crippen LogP contribution < -0.4 is 5.73 Å². The van der Waals surface area contributed by atoms with Crippen LogP contribution in [0.4, 0.5) is 5.69 Å². The molecule has 2 aromatic rings. The van der Waals surface area contributed by atoms with Gasteiger partial charge < -0.3 is 5.73 Å². The molecule has 1 aromatic carbocycles. The summed E-state index contributed by atoms with van der Waals surface area (Å²) < 4.78 is 24.7. The average molecular weight is 307 g/mol. The molecule has 21 heavy (non-hydrogen) atoms. The molecule has 0 atom stereocenters. The molecule has 0 saturated carbocycles. The smallest absolute Gasteiger partial charge is 0.151 e. The van der Waals surface area contributed by atoms with Gasteiger partial charge in [-0.1, -0.05) is 19.1 Å². The second-order valence-electron chi connectivity index (χ2n) is 5.23. The fourth-order valence-corrected chi connectivity index (χ4v) is 2.80. The highest BCUT2D eigenvalue weighted by Crippen LogP contribution is 2.25. The zero-order valence-corrected chi connectivity index (χ0v) is 13.4. The summed E-state index contributed by atoms with van der Waals surface area (Å²) in [6.45, 7) is 6.06. The van der Waals surface area contributed by atoms with Crippen LogP contribution in [0.5, 0.6) is 0 Å². The summed E-state index contributed by atoms with van der Waals surface area (Å²) in [5, 5.41) is 4.42. The molecule has 2 N–H and O–H groups in total. The molecule has 0 aliphatic carbocycles. The SMILES string of the molecule is CCS(=O)(=O)CCn1cc(N)c(-c2ccc(C)c(C)c2)n1. The largest absolute Gasteiger partial charge is 0.396 e. The number of anilines is 1. The van der Waals surface area contributed by atoms with Crippen LogP contribution in [-0.2, 0) is 16.4 Å². The molecule has 0 radical (unpaired) electrons. The monoisotopic (exact) mass is 307 g/mol. The molecule has 0 amide bonds. The molecule has 6 heteroatoms. The van der Waals surface area contributed by atoms with E-state index < -0.39 is 9.84 Å². The van der Waals surface area contributed by atoms with Crippen molar-refractivity contribution >= 4 is 15.5 Å². The lowest BCUT2D eigenvalue weighted by molar-refractivity contribution is 0.582. The predicted molar refractivity (Wildman–Crippen MR) is 85.9 cm³/mol. The maximum absolute atomic E-state index is 11.5. The van der Waals surface area contributed by atoms with E-state index in [9.17, 15) is 8.42 Å². The average Bonchev–Trinajstić information content (AvgIpc) is 2.81. The van der Waals surface area contributed by atoms with Crippen LogP contribution in [0.25, 0.3) is 11.3 Å². The third-order valence-electron chi connectivity index (χ3n) is 3.64. The van der Waals surface area contributed by atoms with Crippen molar-refractivity contribution in [2.45, 2.75) is 27.3 Å². The van der Waals surface area contributed by atoms with E-state index in [0.29, 0.717) is 17.9 Å². The Hall–Kier alpha value is -1.82. The number of sulfone groups is 1. The number of rotatable bonds is 5. The zero-order valence-electron chi connectivity index (χ0n) is 12.6. The van der Waals surface area contributed by atoms with E-state index in [-0.39, 0.29) is 11.5 Å². The van der Waals surface area contributed by atoms with Crippen molar-refractivity contribution in [3.63, 3.8) is 0 Å². The number of aryl methyl sites for hydroxylation is 3. The molecule has 0 fully saturated rings. The van der Waals surface area contributed by atoms with Gasteiger partial charge in [-0.05, 0) is 31.0 Å². The quantitative estimate of drug-likeness (QED) is 0.918. The van der Waals surface area contributed by atoms with Crippen molar-refractivity contribution in [2.24, 2.45) is 0 Å². The first-order valence-electron chi connectivity index (χ1n) is 6.93. The molecular weight excluding hydrogens is 286 g/mol. The molecule has 1 heterocycles. The molecule has 2 rings (SSSR count). The van der Waals surface area contributed by atoms with Gasteiger partial charge in [0.15, 0.2) is 9.84 Å². The summed E-state index contributed by atoms with van der Waals surface area (Å²) >= 11 is 0. The third-order valence-corrected chi connectivity index (χ3v) is 5.33. The summed E-state index contributed by atoms with van der Waals surface area (Å²) in [6, 6.07) is 6.06. The summed E-state index contributed by atoms with van der Waals surface area (Å²) in [6.07, 6.45) is 1.69. The molecule has 0 saturated heterocycles. The molecular formula is C15H21N3O2S. The Balaban J connectivity index is 2.25. The number of aromatic nitrogens is 2. The summed E-state index contributed by atoms with van der Waals surface area (Å²) in [4.78, 5) is 0. The number of nitrogen functional groups attached to an aromatic ring is 1. The number of nitrogens with zero attached hydrogens (tertiary/aromatic N) is 2. The normalized spacial score (nSPS) is 11.8. The maximum atomic E-state index is 11.5. The van der Waals surface area contributed by atoms with Crippen molar-refractivity contribution in [3.05, 3.63) is 35.5 Å². The van der Waals surface area contributed by atoms with Gasteiger partial charge in [0.05, 0.1) is 18.0 Å². The van der Waals surface area contributed by atoms with E-state index in [4.69, 9.17) is 5.73 Å². The van der Waals surface area contributed by atoms with Crippen LogP contribution in [0, 0.1) is 13.8 Å². The van der Waals surface area contributed by atoms with Gasteiger partial charge in [-0.25, -0.2) is 8.42 Å². The first-order valence-corrected chi connectivity index (χ1v) is 8.75. The number of hydrogen-bond acceptors (Lipinski definition) is 4. The highest BCUT2D eigenvalue weighted by molar-refractivity contribution is 7.91. The second kappa shape index (κ2) is 5.89. The Labute approximate surface area is 125 Å². The van der Waals surface area contributed by atoms with Gasteiger partial charge in [0.1, 0.15) is 5.69 Å². The molecule has 0 aliphatic rings. The molecule has 1 aromatic heterocycles. The zero-order chi connectivity index (χ0) is 15.6. The fraction of sp³-hybridized carbons (Fsp3) is 0.400. The van der Waals surface area contributed by atoms with Crippen LogP contribution in [0.1, 0.15) is 18.1 Å². The first-order chi connectivity index (χ1) is 9.82. The lowest BCUT2D eigenvalue weighted by atomic mass is 10.0. The molecule has 5 nitrogen and oxygen atoms in total. The van der Waals surface area contributed by atoms with Crippen LogP contribution in [0.3, 0.4) is 0 Å². The Morgan fingerprint density at radius 2 is 1.95 bits per heavy atom. The summed E-state index contributed by atoms with van der Waals surface area (Å²) in [7, 11) is -3.00. The minimum Gasteiger partial charge on any atom is -0.396 e. The third kappa shape index (κ3) is 3.64. The molecule has 0 bridgehead atoms. The minimum absolute atomic E-state index is 0.0803. The Bertz CT molecular complexity index is 748. The van der Waals surface area contributed by atoms with Gasteiger partial charge in [0.2, 0.25) is 0 Å². The van der Waals surface area contributed by atoms with Gasteiger partial charge >= 0.3 is 0 Å². The second-order valence-corrected chi connectivity index (χ2v) is 7.70. The van der Waals surface area contributed by atoms with Crippen molar-refractivity contribution in [1.29, 1.82) is 0 Å². The Morgan fingerprint density at radius 1 is 1.24 bits per heavy atom.